The Bertz CT molecular complexity index is 2800. The molecule has 522 valence electrons. The molecule has 0 aromatic heterocycles. The van der Waals surface area contributed by atoms with Gasteiger partial charge in [-0.15, -0.1) is 0 Å². The SMILES string of the molecule is CC1=C(C)[C@@]23Oc4c(C)c(C)c5c(c4C[C@@]2(CC[C@@](C)(CCCC(C)CCCC(C)CCCC(C)C)O3)C2(Cc3c4c(c(C)c(C)c3O2)O[C@](C)(CCCC(C)CCCC(C)CCCC(C)C)CC4)C1=O)CC[C@](C)(CCCC(C)CCCC(C)CCCC(C)C)O5. The van der Waals surface area contributed by atoms with Gasteiger partial charge in [-0.05, 0) is 215 Å². The predicted molar refractivity (Wildman–Crippen MR) is 389 cm³/mol. The van der Waals surface area contributed by atoms with Crippen molar-refractivity contribution < 1.29 is 28.5 Å². The first-order chi connectivity index (χ1) is 43.4. The molecule has 0 amide bonds. The molecule has 92 heavy (non-hydrogen) atoms. The molecule has 5 heterocycles. The van der Waals surface area contributed by atoms with Gasteiger partial charge in [0.05, 0.1) is 11.0 Å². The lowest BCUT2D eigenvalue weighted by molar-refractivity contribution is -0.347. The van der Waals surface area contributed by atoms with E-state index >= 15 is 4.79 Å². The Balaban J connectivity index is 1.05. The molecule has 7 unspecified atom stereocenters. The van der Waals surface area contributed by atoms with Crippen molar-refractivity contribution in [3.05, 3.63) is 55.7 Å². The van der Waals surface area contributed by atoms with Crippen LogP contribution in [0.2, 0.25) is 0 Å². The van der Waals surface area contributed by atoms with Crippen LogP contribution >= 0.6 is 0 Å². The summed E-state index contributed by atoms with van der Waals surface area (Å²) in [4.78, 5) is 16.3. The van der Waals surface area contributed by atoms with Gasteiger partial charge in [-0.25, -0.2) is 0 Å². The molecular weight excluding hydrogens is 1130 g/mol. The normalized spacial score (nSPS) is 27.7. The van der Waals surface area contributed by atoms with E-state index in [0.29, 0.717) is 18.8 Å². The lowest BCUT2D eigenvalue weighted by Crippen LogP contribution is -2.78. The molecule has 0 saturated carbocycles. The summed E-state index contributed by atoms with van der Waals surface area (Å²) in [6.45, 7) is 49.3. The van der Waals surface area contributed by atoms with Crippen LogP contribution in [0.3, 0.4) is 0 Å². The van der Waals surface area contributed by atoms with Gasteiger partial charge in [0.25, 0.3) is 0 Å². The molecular formula is C86H142O6. The maximum atomic E-state index is 16.3. The summed E-state index contributed by atoms with van der Waals surface area (Å²) >= 11 is 0. The van der Waals surface area contributed by atoms with E-state index in [2.05, 4.69) is 145 Å². The molecule has 0 radical (unpaired) electrons. The highest BCUT2D eigenvalue weighted by molar-refractivity contribution is 6.06. The van der Waals surface area contributed by atoms with Gasteiger partial charge in [-0.1, -0.05) is 224 Å². The Morgan fingerprint density at radius 3 is 1.03 bits per heavy atom. The van der Waals surface area contributed by atoms with Gasteiger partial charge in [0, 0.05) is 39.8 Å². The van der Waals surface area contributed by atoms with Crippen molar-refractivity contribution in [3.63, 3.8) is 0 Å². The summed E-state index contributed by atoms with van der Waals surface area (Å²) in [6, 6.07) is 0. The molecule has 2 aromatic rings. The Morgan fingerprint density at radius 1 is 0.348 bits per heavy atom. The smallest absolute Gasteiger partial charge is 0.244 e. The van der Waals surface area contributed by atoms with Crippen LogP contribution in [0.1, 0.15) is 361 Å². The van der Waals surface area contributed by atoms with Crippen molar-refractivity contribution in [2.75, 3.05) is 0 Å². The minimum Gasteiger partial charge on any atom is -0.487 e. The summed E-state index contributed by atoms with van der Waals surface area (Å²) < 4.78 is 39.0. The van der Waals surface area contributed by atoms with Crippen molar-refractivity contribution in [2.24, 2.45) is 58.7 Å². The van der Waals surface area contributed by atoms with Gasteiger partial charge in [-0.3, -0.25) is 4.79 Å². The van der Waals surface area contributed by atoms with Crippen molar-refractivity contribution in [1.29, 1.82) is 0 Å². The van der Waals surface area contributed by atoms with Crippen LogP contribution in [0, 0.1) is 86.4 Å². The second-order valence-electron chi connectivity index (χ2n) is 35.6. The summed E-state index contributed by atoms with van der Waals surface area (Å²) in [6.07, 6.45) is 41.0. The number of carbonyl (C=O) groups excluding carboxylic acids is 1. The molecule has 6 nitrogen and oxygen atoms in total. The van der Waals surface area contributed by atoms with Crippen LogP contribution in [0.4, 0.5) is 0 Å². The monoisotopic (exact) mass is 1270 g/mol. The first-order valence-electron chi connectivity index (χ1n) is 39.4. The number of hydrogen-bond acceptors (Lipinski definition) is 6. The molecule has 1 saturated heterocycles. The maximum absolute atomic E-state index is 16.3. The Labute approximate surface area is 566 Å². The number of benzene rings is 2. The van der Waals surface area contributed by atoms with E-state index in [-0.39, 0.29) is 17.0 Å². The molecule has 1 fully saturated rings. The van der Waals surface area contributed by atoms with Gasteiger partial charge >= 0.3 is 0 Å². The van der Waals surface area contributed by atoms with E-state index in [1.807, 2.05) is 0 Å². The van der Waals surface area contributed by atoms with Crippen LogP contribution in [0.25, 0.3) is 0 Å². The van der Waals surface area contributed by atoms with Crippen molar-refractivity contribution in [2.45, 2.75) is 398 Å². The number of Topliss-reactive ketones (excluding diaryl/α,β-unsaturated/α-hetero) is 1. The average Bonchev–Trinajstić information content (AvgIpc) is 1.13. The third-order valence-electron chi connectivity index (χ3n) is 25.7. The third kappa shape index (κ3) is 16.9. The van der Waals surface area contributed by atoms with Gasteiger partial charge in [-0.2, -0.15) is 0 Å². The van der Waals surface area contributed by atoms with Crippen LogP contribution in [-0.4, -0.2) is 34.0 Å². The van der Waals surface area contributed by atoms with Crippen molar-refractivity contribution in [1.82, 2.24) is 0 Å². The van der Waals surface area contributed by atoms with Crippen molar-refractivity contribution >= 4 is 5.78 Å². The van der Waals surface area contributed by atoms with Gasteiger partial charge in [0.1, 0.15) is 34.2 Å². The maximum Gasteiger partial charge on any atom is 0.244 e. The fraction of sp³-hybridized carbons (Fsp3) is 0.826. The van der Waals surface area contributed by atoms with E-state index in [4.69, 9.17) is 23.7 Å². The molecule has 2 aromatic carbocycles. The zero-order valence-electron chi connectivity index (χ0n) is 63.9. The zero-order valence-corrected chi connectivity index (χ0v) is 63.9. The molecule has 6 heteroatoms. The van der Waals surface area contributed by atoms with Gasteiger partial charge in [0.15, 0.2) is 5.60 Å². The molecule has 12 atom stereocenters. The lowest BCUT2D eigenvalue weighted by atomic mass is 9.49. The lowest BCUT2D eigenvalue weighted by Gasteiger charge is -2.66. The number of hydrogen-bond donors (Lipinski definition) is 0. The van der Waals surface area contributed by atoms with Gasteiger partial charge < -0.3 is 23.7 Å². The standard InChI is InChI=1S/C86H142O6/c1-57(2)31-22-34-60(7)37-25-40-63(10)43-28-48-81(19)51-46-72-74-55-84-54-53-83(21,50-30-45-65(12)42-27-39-62(9)36-24-33-59(5)6)92-86(84,91-79(74)69(16)67(14)76(72)88-81)71(18)70(17)80(87)85(84)56-75-73-47-52-82(20,89-77(73)66(13)68(15)78(75)90-85)49-29-44-64(11)41-26-38-61(8)35-23-32-58(3)4/h57-65H,22-56H2,1-21H3/t60?,61?,62?,63?,64?,65?,81-,82+,83+,84-,85?,86-/m0/s1. The molecule has 5 aliphatic heterocycles. The molecule has 1 aliphatic carbocycles. The number of fused-ring (bicyclic) bond motifs is 6. The largest absolute Gasteiger partial charge is 0.487 e. The highest BCUT2D eigenvalue weighted by atomic mass is 16.7. The quantitative estimate of drug-likeness (QED) is 0.0677. The summed E-state index contributed by atoms with van der Waals surface area (Å²) in [5, 5.41) is 0. The van der Waals surface area contributed by atoms with E-state index < -0.39 is 22.4 Å². The number of carbonyl (C=O) groups is 1. The topological polar surface area (TPSA) is 63.2 Å². The zero-order chi connectivity index (χ0) is 67.1. The molecule has 0 bridgehead atoms. The fourth-order valence-corrected chi connectivity index (χ4v) is 18.7. The molecule has 0 N–H and O–H groups in total. The number of ketones is 1. The van der Waals surface area contributed by atoms with Crippen molar-refractivity contribution in [3.8, 4) is 23.0 Å². The molecule has 6 aliphatic rings. The van der Waals surface area contributed by atoms with Crippen LogP contribution in [0.15, 0.2) is 11.1 Å². The first-order valence-corrected chi connectivity index (χ1v) is 39.4. The number of ether oxygens (including phenoxy) is 5. The highest BCUT2D eigenvalue weighted by Gasteiger charge is 2.79. The Hall–Kier alpha value is -2.99. The predicted octanol–water partition coefficient (Wildman–Crippen LogP) is 24.9. The van der Waals surface area contributed by atoms with E-state index in [9.17, 15) is 0 Å². The minimum atomic E-state index is -1.24. The average molecular weight is 1270 g/mol. The summed E-state index contributed by atoms with van der Waals surface area (Å²) in [5.74, 6) is 9.84. The molecule has 8 rings (SSSR count). The van der Waals surface area contributed by atoms with Gasteiger partial charge in [0.2, 0.25) is 11.6 Å². The fourth-order valence-electron chi connectivity index (χ4n) is 18.7. The minimum absolute atomic E-state index is 0.109. The number of rotatable bonds is 36. The Morgan fingerprint density at radius 2 is 0.663 bits per heavy atom. The van der Waals surface area contributed by atoms with E-state index in [0.717, 1.165) is 162 Å². The summed E-state index contributed by atoms with van der Waals surface area (Å²) in [5.41, 5.74) is 8.13. The van der Waals surface area contributed by atoms with Crippen LogP contribution in [0.5, 0.6) is 23.0 Å². The van der Waals surface area contributed by atoms with E-state index in [1.165, 1.54) is 175 Å². The third-order valence-corrected chi connectivity index (χ3v) is 25.7. The second-order valence-corrected chi connectivity index (χ2v) is 35.6. The first kappa shape index (κ1) is 74.8. The van der Waals surface area contributed by atoms with Crippen LogP contribution < -0.4 is 18.9 Å². The Kier molecular flexibility index (Phi) is 25.8. The highest BCUT2D eigenvalue weighted by Crippen LogP contribution is 2.70. The molecule has 1 spiro atoms. The summed E-state index contributed by atoms with van der Waals surface area (Å²) in [7, 11) is 0. The van der Waals surface area contributed by atoms with E-state index in [1.54, 1.807) is 0 Å². The second kappa shape index (κ2) is 31.7. The van der Waals surface area contributed by atoms with Crippen LogP contribution in [-0.2, 0) is 35.2 Å².